The van der Waals surface area contributed by atoms with Crippen LogP contribution in [0.4, 0.5) is 5.69 Å². The third-order valence-corrected chi connectivity index (χ3v) is 6.18. The number of carbonyl (C=O) groups excluding carboxylic acids is 1. The first-order valence-corrected chi connectivity index (χ1v) is 12.3. The molecule has 1 aliphatic rings. The van der Waals surface area contributed by atoms with Crippen LogP contribution in [0.15, 0.2) is 40.8 Å². The summed E-state index contributed by atoms with van der Waals surface area (Å²) in [5, 5.41) is 15.0. The number of thiazole rings is 1. The Morgan fingerprint density at radius 2 is 2.11 bits per heavy atom. The molecule has 35 heavy (non-hydrogen) atoms. The zero-order valence-electron chi connectivity index (χ0n) is 19.9. The zero-order valence-corrected chi connectivity index (χ0v) is 20.7. The quantitative estimate of drug-likeness (QED) is 0.388. The lowest BCUT2D eigenvalue weighted by molar-refractivity contribution is -0.116. The highest BCUT2D eigenvalue weighted by Gasteiger charge is 2.10. The van der Waals surface area contributed by atoms with E-state index in [1.54, 1.807) is 13.1 Å². The van der Waals surface area contributed by atoms with Crippen molar-refractivity contribution in [3.8, 4) is 11.8 Å². The molecule has 2 aromatic rings. The van der Waals surface area contributed by atoms with Crippen LogP contribution < -0.4 is 30.1 Å². The van der Waals surface area contributed by atoms with E-state index in [1.165, 1.54) is 4.57 Å². The van der Waals surface area contributed by atoms with Crippen LogP contribution in [0, 0.1) is 11.3 Å². The molecule has 9 nitrogen and oxygen atoms in total. The highest BCUT2D eigenvalue weighted by atomic mass is 32.1. The Morgan fingerprint density at radius 1 is 1.31 bits per heavy atom. The lowest BCUT2D eigenvalue weighted by Crippen LogP contribution is -2.38. The van der Waals surface area contributed by atoms with Crippen molar-refractivity contribution in [3.05, 3.63) is 55.6 Å². The average Bonchev–Trinajstić information content (AvgIpc) is 3.17. The molecular weight excluding hydrogens is 466 g/mol. The number of hydrogen-bond acceptors (Lipinski definition) is 8. The van der Waals surface area contributed by atoms with E-state index in [0.29, 0.717) is 28.9 Å². The number of ether oxygens (including phenoxy) is 2. The van der Waals surface area contributed by atoms with E-state index in [0.717, 1.165) is 55.6 Å². The number of nitrogens with zero attached hydrogens (tertiary/aromatic N) is 3. The van der Waals surface area contributed by atoms with Gasteiger partial charge in [0.1, 0.15) is 27.6 Å². The number of morpholine rings is 1. The summed E-state index contributed by atoms with van der Waals surface area (Å²) >= 11 is 1.12. The molecule has 0 aliphatic carbocycles. The number of nitrogens with one attached hydrogen (secondary N) is 2. The fourth-order valence-electron chi connectivity index (χ4n) is 3.35. The second-order valence-corrected chi connectivity index (χ2v) is 8.52. The molecule has 2 heterocycles. The van der Waals surface area contributed by atoms with Crippen molar-refractivity contribution in [3.63, 3.8) is 0 Å². The van der Waals surface area contributed by atoms with Gasteiger partial charge in [0.25, 0.3) is 11.5 Å². The van der Waals surface area contributed by atoms with Crippen molar-refractivity contribution < 1.29 is 14.3 Å². The fraction of sp³-hybridized carbons (Fsp3) is 0.400. The molecule has 0 radical (unpaired) electrons. The highest BCUT2D eigenvalue weighted by Crippen LogP contribution is 2.17. The van der Waals surface area contributed by atoms with Crippen LogP contribution in [-0.2, 0) is 16.1 Å². The largest absolute Gasteiger partial charge is 0.492 e. The van der Waals surface area contributed by atoms with Gasteiger partial charge in [-0.05, 0) is 26.0 Å². The number of anilines is 1. The van der Waals surface area contributed by atoms with Crippen LogP contribution in [0.3, 0.4) is 0 Å². The van der Waals surface area contributed by atoms with Crippen LogP contribution in [0.25, 0.3) is 11.5 Å². The minimum absolute atomic E-state index is 0.172. The minimum atomic E-state index is -0.520. The Kier molecular flexibility index (Phi) is 9.93. The lowest BCUT2D eigenvalue weighted by Gasteiger charge is -2.26. The van der Waals surface area contributed by atoms with Gasteiger partial charge in [-0.2, -0.15) is 5.26 Å². The number of carbonyl (C=O) groups is 1. The SMILES string of the molecule is CCNC(=O)C(=C=c1sc(=C=CNc2cccc(OCCN3CCOCC3)c2)c(=O)n1CC)C#N. The Labute approximate surface area is 207 Å². The summed E-state index contributed by atoms with van der Waals surface area (Å²) in [4.78, 5) is 27.0. The van der Waals surface area contributed by atoms with Gasteiger partial charge in [0, 0.05) is 50.7 Å². The van der Waals surface area contributed by atoms with E-state index in [2.05, 4.69) is 27.0 Å². The van der Waals surface area contributed by atoms with Crippen molar-refractivity contribution in [2.24, 2.45) is 0 Å². The Hall–Kier alpha value is -3.57. The first-order chi connectivity index (χ1) is 17.0. The lowest BCUT2D eigenvalue weighted by atomic mass is 10.3. The molecule has 0 spiro atoms. The number of hydrogen-bond donors (Lipinski definition) is 2. The fourth-order valence-corrected chi connectivity index (χ4v) is 4.34. The van der Waals surface area contributed by atoms with Gasteiger partial charge < -0.3 is 20.1 Å². The van der Waals surface area contributed by atoms with Gasteiger partial charge >= 0.3 is 0 Å². The summed E-state index contributed by atoms with van der Waals surface area (Å²) in [6.07, 6.45) is 1.56. The van der Waals surface area contributed by atoms with Gasteiger partial charge in [-0.1, -0.05) is 28.9 Å². The topological polar surface area (TPSA) is 109 Å². The van der Waals surface area contributed by atoms with Crippen LogP contribution in [0.5, 0.6) is 5.75 Å². The van der Waals surface area contributed by atoms with Crippen LogP contribution >= 0.6 is 11.3 Å². The van der Waals surface area contributed by atoms with Crippen molar-refractivity contribution in [2.75, 3.05) is 51.3 Å². The van der Waals surface area contributed by atoms with E-state index in [1.807, 2.05) is 37.3 Å². The molecule has 10 heteroatoms. The highest BCUT2D eigenvalue weighted by molar-refractivity contribution is 7.07. The molecule has 1 aromatic carbocycles. The molecule has 1 fully saturated rings. The van der Waals surface area contributed by atoms with Gasteiger partial charge in [0.15, 0.2) is 5.57 Å². The maximum atomic E-state index is 12.7. The summed E-state index contributed by atoms with van der Waals surface area (Å²) in [5.74, 6) is 0.228. The predicted molar refractivity (Wildman–Crippen MR) is 136 cm³/mol. The van der Waals surface area contributed by atoms with Gasteiger partial charge in [0.2, 0.25) is 0 Å². The number of likely N-dealkylation sites (N-methyl/N-ethyl adjacent to an activating group) is 1. The molecule has 184 valence electrons. The van der Waals surface area contributed by atoms with Crippen molar-refractivity contribution in [2.45, 2.75) is 20.4 Å². The van der Waals surface area contributed by atoms with Gasteiger partial charge in [-0.25, -0.2) is 0 Å². The number of rotatable bonds is 9. The average molecular weight is 496 g/mol. The van der Waals surface area contributed by atoms with E-state index >= 15 is 0 Å². The Morgan fingerprint density at radius 3 is 2.83 bits per heavy atom. The number of benzene rings is 1. The molecule has 3 rings (SSSR count). The first kappa shape index (κ1) is 26.0. The number of nitriles is 1. The normalized spacial score (nSPS) is 13.2. The zero-order chi connectivity index (χ0) is 25.0. The molecule has 0 bridgehead atoms. The molecule has 2 N–H and O–H groups in total. The first-order valence-electron chi connectivity index (χ1n) is 11.5. The molecule has 1 aliphatic heterocycles. The summed E-state index contributed by atoms with van der Waals surface area (Å²) < 4.78 is 13.4. The third-order valence-electron chi connectivity index (χ3n) is 5.16. The van der Waals surface area contributed by atoms with Gasteiger partial charge in [0.05, 0.1) is 13.2 Å². The van der Waals surface area contributed by atoms with Gasteiger partial charge in [-0.3, -0.25) is 19.1 Å². The van der Waals surface area contributed by atoms with Crippen molar-refractivity contribution in [1.82, 2.24) is 14.8 Å². The van der Waals surface area contributed by atoms with Crippen LogP contribution in [0.1, 0.15) is 13.8 Å². The van der Waals surface area contributed by atoms with E-state index < -0.39 is 5.91 Å². The van der Waals surface area contributed by atoms with Crippen molar-refractivity contribution >= 4 is 34.4 Å². The minimum Gasteiger partial charge on any atom is -0.492 e. The summed E-state index contributed by atoms with van der Waals surface area (Å²) in [7, 11) is 0. The molecule has 1 saturated heterocycles. The molecular formula is C25H29N5O4S. The smallest absolute Gasteiger partial charge is 0.277 e. The summed E-state index contributed by atoms with van der Waals surface area (Å²) in [6.45, 7) is 9.16. The predicted octanol–water partition coefficient (Wildman–Crippen LogP) is 0.611. The van der Waals surface area contributed by atoms with Crippen molar-refractivity contribution in [1.29, 1.82) is 5.26 Å². The number of amides is 1. The number of aromatic nitrogens is 1. The van der Waals surface area contributed by atoms with Crippen LogP contribution in [-0.4, -0.2) is 61.4 Å². The maximum Gasteiger partial charge on any atom is 0.277 e. The monoisotopic (exact) mass is 495 g/mol. The molecule has 1 amide bonds. The standard InChI is InChI=1S/C25H29N5O4S/c1-3-27-24(31)19(18-26)16-23-30(4-2)25(32)22(35-23)8-9-28-20-6-5-7-21(17-20)34-15-12-29-10-13-33-14-11-29/h5-7,9,17,28H,3-4,10-15H2,1-2H3,(H,27,31). The summed E-state index contributed by atoms with van der Waals surface area (Å²) in [5.41, 5.74) is 6.11. The van der Waals surface area contributed by atoms with E-state index in [9.17, 15) is 14.9 Å². The molecule has 0 unspecified atom stereocenters. The molecule has 1 aromatic heterocycles. The Balaban J connectivity index is 1.77. The van der Waals surface area contributed by atoms with E-state index in [4.69, 9.17) is 9.47 Å². The van der Waals surface area contributed by atoms with E-state index in [-0.39, 0.29) is 11.1 Å². The van der Waals surface area contributed by atoms with Gasteiger partial charge in [-0.15, -0.1) is 0 Å². The third kappa shape index (κ3) is 7.46. The maximum absolute atomic E-state index is 12.7. The Bertz CT molecular complexity index is 1320. The molecule has 0 atom stereocenters. The van der Waals surface area contributed by atoms with Crippen LogP contribution in [0.2, 0.25) is 0 Å². The second kappa shape index (κ2) is 13.4. The second-order valence-electron chi connectivity index (χ2n) is 7.52. The molecule has 0 saturated carbocycles. The summed E-state index contributed by atoms with van der Waals surface area (Å²) in [6, 6.07) is 9.39.